The number of hydrogen-bond donors (Lipinski definition) is 2. The van der Waals surface area contributed by atoms with E-state index in [1.807, 2.05) is 12.3 Å². The van der Waals surface area contributed by atoms with Crippen LogP contribution in [0.3, 0.4) is 0 Å². The molecule has 2 saturated heterocycles. The Hall–Kier alpha value is -2.36. The van der Waals surface area contributed by atoms with E-state index >= 15 is 0 Å². The summed E-state index contributed by atoms with van der Waals surface area (Å²) in [5.74, 6) is -2.81. The average Bonchev–Trinajstić information content (AvgIpc) is 3.13. The molecule has 0 radical (unpaired) electrons. The van der Waals surface area contributed by atoms with Crippen LogP contribution in [0.25, 0.3) is 0 Å². The van der Waals surface area contributed by atoms with Crippen molar-refractivity contribution in [1.82, 2.24) is 9.88 Å². The van der Waals surface area contributed by atoms with Crippen LogP contribution in [-0.4, -0.2) is 70.9 Å². The molecule has 0 aromatic carbocycles. The van der Waals surface area contributed by atoms with Crippen LogP contribution in [0.1, 0.15) is 37.7 Å². The van der Waals surface area contributed by atoms with E-state index in [-0.39, 0.29) is 5.92 Å². The van der Waals surface area contributed by atoms with Crippen molar-refractivity contribution >= 4 is 17.8 Å². The highest BCUT2D eigenvalue weighted by Crippen LogP contribution is 2.30. The van der Waals surface area contributed by atoms with Crippen LogP contribution in [0.15, 0.2) is 18.3 Å². The maximum atomic E-state index is 12.5. The summed E-state index contributed by atoms with van der Waals surface area (Å²) in [6.07, 6.45) is 2.38. The number of likely N-dealkylation sites (tertiary alicyclic amines) is 1. The smallest absolute Gasteiger partial charge is 0.414 e. The van der Waals surface area contributed by atoms with E-state index in [1.165, 1.54) is 24.8 Å². The molecule has 0 spiro atoms. The number of hydrogen-bond acceptors (Lipinski definition) is 5. The number of halogens is 3. The zero-order valence-corrected chi connectivity index (χ0v) is 16.8. The number of nitrogens with zero attached hydrogens (tertiary/aromatic N) is 3. The zero-order chi connectivity index (χ0) is 22.1. The largest absolute Gasteiger partial charge is 0.473 e. The molecule has 3 heterocycles. The molecule has 7 nitrogen and oxygen atoms in total. The van der Waals surface area contributed by atoms with Crippen molar-refractivity contribution in [3.63, 3.8) is 0 Å². The van der Waals surface area contributed by atoms with Crippen LogP contribution in [0.4, 0.5) is 19.0 Å². The van der Waals surface area contributed by atoms with Gasteiger partial charge in [0.1, 0.15) is 5.82 Å². The van der Waals surface area contributed by atoms with E-state index < -0.39 is 24.5 Å². The number of anilines is 1. The standard InChI is InChI=1S/C18H26F3N3.C2H2O4/c19-18(20,21)13-15-6-11-23(14-15)12-7-16-5-4-8-22-17(16)24-9-2-1-3-10-24;3-1(4)2(5)6/h4-5,8,15H,1-3,6-7,9-14H2;(H,3,4)(H,5,6)/t15-;/m1./s1. The highest BCUT2D eigenvalue weighted by Gasteiger charge is 2.35. The first-order chi connectivity index (χ1) is 14.2. The van der Waals surface area contributed by atoms with Gasteiger partial charge in [0, 0.05) is 38.8 Å². The molecule has 2 fully saturated rings. The predicted octanol–water partition coefficient (Wildman–Crippen LogP) is 3.04. The molecule has 2 aliphatic heterocycles. The number of aromatic nitrogens is 1. The topological polar surface area (TPSA) is 94.0 Å². The summed E-state index contributed by atoms with van der Waals surface area (Å²) in [6.45, 7) is 4.28. The van der Waals surface area contributed by atoms with Crippen LogP contribution >= 0.6 is 0 Å². The molecule has 2 aliphatic rings. The second-order valence-electron chi connectivity index (χ2n) is 7.67. The maximum absolute atomic E-state index is 12.5. The number of alkyl halides is 3. The molecule has 168 valence electrons. The Morgan fingerprint density at radius 2 is 1.77 bits per heavy atom. The Bertz CT molecular complexity index is 697. The molecule has 1 aromatic rings. The van der Waals surface area contributed by atoms with Crippen molar-refractivity contribution in [2.45, 2.75) is 44.7 Å². The van der Waals surface area contributed by atoms with Gasteiger partial charge < -0.3 is 20.0 Å². The third-order valence-corrected chi connectivity index (χ3v) is 5.29. The average molecular weight is 431 g/mol. The Balaban J connectivity index is 0.000000469. The summed E-state index contributed by atoms with van der Waals surface area (Å²) in [7, 11) is 0. The zero-order valence-electron chi connectivity index (χ0n) is 16.8. The van der Waals surface area contributed by atoms with E-state index in [4.69, 9.17) is 19.8 Å². The highest BCUT2D eigenvalue weighted by molar-refractivity contribution is 6.27. The second-order valence-corrected chi connectivity index (χ2v) is 7.67. The number of pyridine rings is 1. The third kappa shape index (κ3) is 8.17. The summed E-state index contributed by atoms with van der Waals surface area (Å²) in [5, 5.41) is 14.8. The molecule has 1 atom stereocenters. The van der Waals surface area contributed by atoms with Gasteiger partial charge in [0.2, 0.25) is 0 Å². The maximum Gasteiger partial charge on any atom is 0.414 e. The molecule has 0 saturated carbocycles. The highest BCUT2D eigenvalue weighted by atomic mass is 19.4. The van der Waals surface area contributed by atoms with Crippen molar-refractivity contribution in [2.24, 2.45) is 5.92 Å². The predicted molar refractivity (Wildman–Crippen MR) is 104 cm³/mol. The molecule has 1 aromatic heterocycles. The van der Waals surface area contributed by atoms with Crippen molar-refractivity contribution in [2.75, 3.05) is 37.6 Å². The van der Waals surface area contributed by atoms with Crippen LogP contribution in [-0.2, 0) is 16.0 Å². The molecular formula is C20H28F3N3O4. The molecule has 0 aliphatic carbocycles. The molecule has 0 bridgehead atoms. The minimum Gasteiger partial charge on any atom is -0.473 e. The Morgan fingerprint density at radius 3 is 2.37 bits per heavy atom. The number of carbonyl (C=O) groups is 2. The van der Waals surface area contributed by atoms with Gasteiger partial charge in [-0.05, 0) is 56.2 Å². The first-order valence-electron chi connectivity index (χ1n) is 10.1. The van der Waals surface area contributed by atoms with E-state index in [0.29, 0.717) is 13.0 Å². The minimum atomic E-state index is -4.04. The lowest BCUT2D eigenvalue weighted by molar-refractivity contribution is -0.159. The van der Waals surface area contributed by atoms with Crippen LogP contribution in [0.2, 0.25) is 0 Å². The Kier molecular flexibility index (Phi) is 8.88. The van der Waals surface area contributed by atoms with Gasteiger partial charge in [-0.2, -0.15) is 13.2 Å². The van der Waals surface area contributed by atoms with Crippen molar-refractivity contribution < 1.29 is 33.0 Å². The first kappa shape index (κ1) is 23.9. The number of carboxylic acid groups (broad SMARTS) is 2. The molecule has 30 heavy (non-hydrogen) atoms. The molecule has 0 unspecified atom stereocenters. The van der Waals surface area contributed by atoms with Gasteiger partial charge >= 0.3 is 18.1 Å². The Labute approximate surface area is 173 Å². The van der Waals surface area contributed by atoms with Gasteiger partial charge in [0.25, 0.3) is 0 Å². The third-order valence-electron chi connectivity index (χ3n) is 5.29. The van der Waals surface area contributed by atoms with Crippen molar-refractivity contribution in [3.8, 4) is 0 Å². The van der Waals surface area contributed by atoms with Gasteiger partial charge in [-0.25, -0.2) is 14.6 Å². The fourth-order valence-corrected chi connectivity index (χ4v) is 3.90. The van der Waals surface area contributed by atoms with E-state index in [2.05, 4.69) is 20.9 Å². The van der Waals surface area contributed by atoms with Crippen molar-refractivity contribution in [1.29, 1.82) is 0 Å². The summed E-state index contributed by atoms with van der Waals surface area (Å²) in [5.41, 5.74) is 1.22. The van der Waals surface area contributed by atoms with Gasteiger partial charge in [-0.1, -0.05) is 6.07 Å². The number of rotatable bonds is 5. The lowest BCUT2D eigenvalue weighted by atomic mass is 10.1. The monoisotopic (exact) mass is 431 g/mol. The van der Waals surface area contributed by atoms with Gasteiger partial charge in [-0.3, -0.25) is 0 Å². The van der Waals surface area contributed by atoms with E-state index in [9.17, 15) is 13.2 Å². The summed E-state index contributed by atoms with van der Waals surface area (Å²) in [4.78, 5) is 27.3. The minimum absolute atomic E-state index is 0.236. The van der Waals surface area contributed by atoms with Gasteiger partial charge in [0.05, 0.1) is 0 Å². The molecule has 10 heteroatoms. The first-order valence-corrected chi connectivity index (χ1v) is 10.1. The van der Waals surface area contributed by atoms with E-state index in [0.717, 1.165) is 38.4 Å². The Morgan fingerprint density at radius 1 is 1.10 bits per heavy atom. The lowest BCUT2D eigenvalue weighted by Crippen LogP contribution is -2.31. The fraction of sp³-hybridized carbons (Fsp3) is 0.650. The van der Waals surface area contributed by atoms with E-state index in [1.54, 1.807) is 0 Å². The van der Waals surface area contributed by atoms with Gasteiger partial charge in [0.15, 0.2) is 0 Å². The molecule has 2 N–H and O–H groups in total. The van der Waals surface area contributed by atoms with Crippen LogP contribution in [0, 0.1) is 5.92 Å². The quantitative estimate of drug-likeness (QED) is 0.692. The summed E-state index contributed by atoms with van der Waals surface area (Å²) in [6, 6.07) is 4.07. The number of aliphatic carboxylic acids is 2. The summed E-state index contributed by atoms with van der Waals surface area (Å²) < 4.78 is 37.5. The number of carboxylic acids is 2. The summed E-state index contributed by atoms with van der Waals surface area (Å²) >= 11 is 0. The van der Waals surface area contributed by atoms with Crippen molar-refractivity contribution in [3.05, 3.63) is 23.9 Å². The molecule has 0 amide bonds. The molecule has 3 rings (SSSR count). The number of piperidine rings is 1. The van der Waals surface area contributed by atoms with Crippen LogP contribution < -0.4 is 4.90 Å². The van der Waals surface area contributed by atoms with Crippen LogP contribution in [0.5, 0.6) is 0 Å². The second kappa shape index (κ2) is 11.1. The SMILES string of the molecule is FC(F)(F)C[C@H]1CCN(CCc2cccnc2N2CCCCC2)C1.O=C(O)C(=O)O. The normalized spacial score (nSPS) is 19.8. The fourth-order valence-electron chi connectivity index (χ4n) is 3.90. The molecular weight excluding hydrogens is 403 g/mol. The lowest BCUT2D eigenvalue weighted by Gasteiger charge is -2.29. The van der Waals surface area contributed by atoms with Gasteiger partial charge in [-0.15, -0.1) is 0 Å².